The molecule has 1 nitrogen and oxygen atoms in total. The van der Waals surface area contributed by atoms with E-state index in [-0.39, 0.29) is 5.54 Å². The second-order valence-electron chi connectivity index (χ2n) is 4.90. The predicted octanol–water partition coefficient (Wildman–Crippen LogP) is 3.60. The molecule has 2 heteroatoms. The number of nitrogens with two attached hydrogens (primary N) is 1. The van der Waals surface area contributed by atoms with Gasteiger partial charge in [-0.25, -0.2) is 0 Å². The van der Waals surface area contributed by atoms with E-state index in [4.69, 9.17) is 5.73 Å². The average molecular weight is 243 g/mol. The van der Waals surface area contributed by atoms with Gasteiger partial charge in [0.2, 0.25) is 0 Å². The van der Waals surface area contributed by atoms with Crippen LogP contribution in [0.2, 0.25) is 0 Å². The summed E-state index contributed by atoms with van der Waals surface area (Å²) in [6.07, 6.45) is 3.43. The summed E-state index contributed by atoms with van der Waals surface area (Å²) in [6.45, 7) is 2.17. The Morgan fingerprint density at radius 3 is 2.76 bits per heavy atom. The Bertz CT molecular complexity index is 529. The zero-order valence-electron chi connectivity index (χ0n) is 10.1. The van der Waals surface area contributed by atoms with Crippen LogP contribution in [0.3, 0.4) is 0 Å². The van der Waals surface area contributed by atoms with Gasteiger partial charge in [0.15, 0.2) is 0 Å². The highest BCUT2D eigenvalue weighted by molar-refractivity contribution is 7.12. The molecule has 0 saturated heterocycles. The van der Waals surface area contributed by atoms with Crippen LogP contribution in [-0.2, 0) is 12.0 Å². The molecule has 0 fully saturated rings. The van der Waals surface area contributed by atoms with Crippen LogP contribution < -0.4 is 5.73 Å². The Hall–Kier alpha value is -1.12. The summed E-state index contributed by atoms with van der Waals surface area (Å²) in [4.78, 5) is 2.76. The summed E-state index contributed by atoms with van der Waals surface area (Å²) in [7, 11) is 0. The molecule has 2 aromatic rings. The fourth-order valence-electron chi connectivity index (χ4n) is 2.81. The van der Waals surface area contributed by atoms with E-state index in [0.29, 0.717) is 0 Å². The van der Waals surface area contributed by atoms with Gasteiger partial charge in [-0.05, 0) is 43.4 Å². The van der Waals surface area contributed by atoms with Crippen LogP contribution in [0.5, 0.6) is 0 Å². The Labute approximate surface area is 106 Å². The lowest BCUT2D eigenvalue weighted by Crippen LogP contribution is -2.40. The van der Waals surface area contributed by atoms with E-state index in [1.54, 1.807) is 0 Å². The maximum atomic E-state index is 6.72. The SMILES string of the molecule is Cc1cc2c(s1)C(N)(c1ccccc1)CCC2. The molecular weight excluding hydrogens is 226 g/mol. The number of aryl methyl sites for hydroxylation is 2. The van der Waals surface area contributed by atoms with Crippen LogP contribution in [-0.4, -0.2) is 0 Å². The van der Waals surface area contributed by atoms with Gasteiger partial charge in [-0.1, -0.05) is 30.3 Å². The van der Waals surface area contributed by atoms with Crippen molar-refractivity contribution in [2.45, 2.75) is 31.7 Å². The lowest BCUT2D eigenvalue weighted by Gasteiger charge is -2.34. The maximum Gasteiger partial charge on any atom is 0.0762 e. The standard InChI is InChI=1S/C15H17NS/c1-11-10-12-6-5-9-15(16,14(12)17-11)13-7-3-2-4-8-13/h2-4,7-8,10H,5-6,9,16H2,1H3. The van der Waals surface area contributed by atoms with Crippen LogP contribution >= 0.6 is 11.3 Å². The minimum absolute atomic E-state index is 0.256. The van der Waals surface area contributed by atoms with Crippen LogP contribution in [0.4, 0.5) is 0 Å². The summed E-state index contributed by atoms with van der Waals surface area (Å²) in [5.74, 6) is 0. The topological polar surface area (TPSA) is 26.0 Å². The molecule has 1 unspecified atom stereocenters. The number of rotatable bonds is 1. The van der Waals surface area contributed by atoms with Crippen molar-refractivity contribution in [2.75, 3.05) is 0 Å². The molecule has 2 N–H and O–H groups in total. The third-order valence-electron chi connectivity index (χ3n) is 3.64. The monoisotopic (exact) mass is 243 g/mol. The minimum Gasteiger partial charge on any atom is -0.317 e. The highest BCUT2D eigenvalue weighted by Gasteiger charge is 2.35. The molecule has 0 aliphatic heterocycles. The highest BCUT2D eigenvalue weighted by atomic mass is 32.1. The third kappa shape index (κ3) is 1.72. The number of hydrogen-bond acceptors (Lipinski definition) is 2. The summed E-state index contributed by atoms with van der Waals surface area (Å²) >= 11 is 1.87. The molecule has 0 spiro atoms. The van der Waals surface area contributed by atoms with Gasteiger partial charge in [0.1, 0.15) is 0 Å². The lowest BCUT2D eigenvalue weighted by atomic mass is 9.78. The summed E-state index contributed by atoms with van der Waals surface area (Å²) in [5.41, 5.74) is 9.18. The van der Waals surface area contributed by atoms with Crippen molar-refractivity contribution < 1.29 is 0 Å². The first-order valence-corrected chi connectivity index (χ1v) is 6.96. The zero-order valence-corrected chi connectivity index (χ0v) is 10.9. The van der Waals surface area contributed by atoms with Crippen molar-refractivity contribution >= 4 is 11.3 Å². The van der Waals surface area contributed by atoms with Gasteiger partial charge in [-0.2, -0.15) is 0 Å². The lowest BCUT2D eigenvalue weighted by molar-refractivity contribution is 0.453. The molecule has 17 heavy (non-hydrogen) atoms. The van der Waals surface area contributed by atoms with E-state index in [1.165, 1.54) is 33.7 Å². The van der Waals surface area contributed by atoms with E-state index < -0.39 is 0 Å². The van der Waals surface area contributed by atoms with Crippen LogP contribution in [0, 0.1) is 6.92 Å². The van der Waals surface area contributed by atoms with Gasteiger partial charge in [0.05, 0.1) is 5.54 Å². The molecule has 0 bridgehead atoms. The smallest absolute Gasteiger partial charge is 0.0762 e. The summed E-state index contributed by atoms with van der Waals surface area (Å²) < 4.78 is 0. The minimum atomic E-state index is -0.256. The van der Waals surface area contributed by atoms with Gasteiger partial charge < -0.3 is 5.73 Å². The van der Waals surface area contributed by atoms with Crippen molar-refractivity contribution in [2.24, 2.45) is 5.73 Å². The molecule has 1 heterocycles. The fourth-order valence-corrected chi connectivity index (χ4v) is 4.03. The van der Waals surface area contributed by atoms with Gasteiger partial charge >= 0.3 is 0 Å². The van der Waals surface area contributed by atoms with Crippen LogP contribution in [0.25, 0.3) is 0 Å². The van der Waals surface area contributed by atoms with Gasteiger partial charge in [-0.15, -0.1) is 11.3 Å². The second kappa shape index (κ2) is 3.97. The van der Waals surface area contributed by atoms with Gasteiger partial charge in [-0.3, -0.25) is 0 Å². The first kappa shape index (κ1) is 11.0. The Morgan fingerprint density at radius 2 is 2.00 bits per heavy atom. The number of hydrogen-bond donors (Lipinski definition) is 1. The first-order chi connectivity index (χ1) is 8.20. The highest BCUT2D eigenvalue weighted by Crippen LogP contribution is 2.42. The van der Waals surface area contributed by atoms with Gasteiger partial charge in [0.25, 0.3) is 0 Å². The van der Waals surface area contributed by atoms with Crippen molar-refractivity contribution in [1.82, 2.24) is 0 Å². The second-order valence-corrected chi connectivity index (χ2v) is 6.16. The van der Waals surface area contributed by atoms with Crippen molar-refractivity contribution in [3.63, 3.8) is 0 Å². The van der Waals surface area contributed by atoms with E-state index >= 15 is 0 Å². The number of thiophene rings is 1. The number of benzene rings is 1. The fraction of sp³-hybridized carbons (Fsp3) is 0.333. The molecule has 1 aliphatic rings. The van der Waals surface area contributed by atoms with Gasteiger partial charge in [0, 0.05) is 9.75 Å². The Morgan fingerprint density at radius 1 is 1.24 bits per heavy atom. The number of fused-ring (bicyclic) bond motifs is 1. The molecule has 0 saturated carbocycles. The Kier molecular flexibility index (Phi) is 2.57. The molecule has 1 atom stereocenters. The molecule has 88 valence electrons. The largest absolute Gasteiger partial charge is 0.317 e. The summed E-state index contributed by atoms with van der Waals surface area (Å²) in [5, 5.41) is 0. The van der Waals surface area contributed by atoms with E-state index in [2.05, 4.69) is 43.3 Å². The molecule has 0 amide bonds. The molecule has 0 radical (unpaired) electrons. The Balaban J connectivity index is 2.15. The van der Waals surface area contributed by atoms with Crippen LogP contribution in [0.1, 0.15) is 33.7 Å². The molecular formula is C15H17NS. The van der Waals surface area contributed by atoms with Crippen molar-refractivity contribution in [3.05, 3.63) is 57.3 Å². The van der Waals surface area contributed by atoms with Crippen LogP contribution in [0.15, 0.2) is 36.4 Å². The molecule has 1 aromatic heterocycles. The van der Waals surface area contributed by atoms with E-state index in [9.17, 15) is 0 Å². The molecule has 1 aliphatic carbocycles. The average Bonchev–Trinajstić information content (AvgIpc) is 2.73. The van der Waals surface area contributed by atoms with E-state index in [1.807, 2.05) is 11.3 Å². The predicted molar refractivity (Wildman–Crippen MR) is 73.4 cm³/mol. The quantitative estimate of drug-likeness (QED) is 0.813. The van der Waals surface area contributed by atoms with Crippen molar-refractivity contribution in [3.8, 4) is 0 Å². The zero-order chi connectivity index (χ0) is 11.9. The third-order valence-corrected chi connectivity index (χ3v) is 4.91. The van der Waals surface area contributed by atoms with E-state index in [0.717, 1.165) is 6.42 Å². The molecule has 3 rings (SSSR count). The molecule has 1 aromatic carbocycles. The normalized spacial score (nSPS) is 23.4. The first-order valence-electron chi connectivity index (χ1n) is 6.14. The maximum absolute atomic E-state index is 6.72. The summed E-state index contributed by atoms with van der Waals surface area (Å²) in [6, 6.07) is 12.8. The van der Waals surface area contributed by atoms with Crippen molar-refractivity contribution in [1.29, 1.82) is 0 Å².